The summed E-state index contributed by atoms with van der Waals surface area (Å²) in [7, 11) is 0. The van der Waals surface area contributed by atoms with Crippen LogP contribution in [0.15, 0.2) is 41.9 Å². The number of halogens is 3. The Morgan fingerprint density at radius 2 is 1.82 bits per heavy atom. The standard InChI is InChI=1S/C18H25F3N6O/c1-2-22-17(23-9-3-4-10-27-13-25-26-14-27)24-11-15-5-7-16(8-6-15)28-12-18(19,20)21/h5-8,13-14H,2-4,9-12H2,1H3,(H2,22,23,24). The topological polar surface area (TPSA) is 76.4 Å². The molecule has 0 spiro atoms. The largest absolute Gasteiger partial charge is 0.484 e. The van der Waals surface area contributed by atoms with E-state index in [4.69, 9.17) is 4.74 Å². The van der Waals surface area contributed by atoms with Crippen molar-refractivity contribution >= 4 is 5.96 Å². The molecule has 2 rings (SSSR count). The number of hydrogen-bond acceptors (Lipinski definition) is 4. The summed E-state index contributed by atoms with van der Waals surface area (Å²) in [5.41, 5.74) is 0.879. The van der Waals surface area contributed by atoms with Gasteiger partial charge in [0.15, 0.2) is 12.6 Å². The highest BCUT2D eigenvalue weighted by atomic mass is 19.4. The number of guanidine groups is 1. The fourth-order valence-electron chi connectivity index (χ4n) is 2.33. The number of aryl methyl sites for hydroxylation is 1. The van der Waals surface area contributed by atoms with Gasteiger partial charge in [-0.2, -0.15) is 13.2 Å². The van der Waals surface area contributed by atoms with Crippen molar-refractivity contribution in [3.63, 3.8) is 0 Å². The third-order valence-electron chi connectivity index (χ3n) is 3.69. The minimum absolute atomic E-state index is 0.183. The molecular formula is C18H25F3N6O. The molecule has 10 heteroatoms. The van der Waals surface area contributed by atoms with E-state index in [0.717, 1.165) is 38.0 Å². The highest BCUT2D eigenvalue weighted by molar-refractivity contribution is 5.79. The number of alkyl halides is 3. The maximum Gasteiger partial charge on any atom is 0.422 e. The van der Waals surface area contributed by atoms with Crippen LogP contribution in [0.25, 0.3) is 0 Å². The number of aromatic nitrogens is 3. The van der Waals surface area contributed by atoms with Gasteiger partial charge in [-0.15, -0.1) is 10.2 Å². The summed E-state index contributed by atoms with van der Waals surface area (Å²) in [6.07, 6.45) is 0.999. The molecule has 0 unspecified atom stereocenters. The second-order valence-electron chi connectivity index (χ2n) is 6.08. The molecule has 2 N–H and O–H groups in total. The van der Waals surface area contributed by atoms with Crippen LogP contribution in [0.3, 0.4) is 0 Å². The molecule has 0 amide bonds. The van der Waals surface area contributed by atoms with E-state index in [9.17, 15) is 13.2 Å². The predicted octanol–water partition coefficient (Wildman–Crippen LogP) is 2.75. The number of aliphatic imine (C=N–C) groups is 1. The summed E-state index contributed by atoms with van der Waals surface area (Å²) in [6.45, 7) is 3.47. The molecule has 1 heterocycles. The van der Waals surface area contributed by atoms with Crippen molar-refractivity contribution in [3.8, 4) is 5.75 Å². The fourth-order valence-corrected chi connectivity index (χ4v) is 2.33. The lowest BCUT2D eigenvalue weighted by molar-refractivity contribution is -0.153. The first-order valence-corrected chi connectivity index (χ1v) is 9.09. The number of unbranched alkanes of at least 4 members (excludes halogenated alkanes) is 1. The van der Waals surface area contributed by atoms with Crippen LogP contribution in [0, 0.1) is 0 Å². The molecule has 0 saturated heterocycles. The van der Waals surface area contributed by atoms with E-state index in [0.29, 0.717) is 12.5 Å². The van der Waals surface area contributed by atoms with E-state index in [-0.39, 0.29) is 5.75 Å². The van der Waals surface area contributed by atoms with Crippen molar-refractivity contribution in [2.45, 2.75) is 39.0 Å². The van der Waals surface area contributed by atoms with E-state index >= 15 is 0 Å². The zero-order valence-electron chi connectivity index (χ0n) is 15.7. The number of hydrogen-bond donors (Lipinski definition) is 2. The van der Waals surface area contributed by atoms with Gasteiger partial charge in [0, 0.05) is 19.6 Å². The third kappa shape index (κ3) is 8.74. The first-order valence-electron chi connectivity index (χ1n) is 9.09. The average Bonchev–Trinajstić information content (AvgIpc) is 3.18. The Morgan fingerprint density at radius 1 is 1.11 bits per heavy atom. The van der Waals surface area contributed by atoms with E-state index in [2.05, 4.69) is 25.8 Å². The summed E-state index contributed by atoms with van der Waals surface area (Å²) in [5, 5.41) is 14.0. The second-order valence-corrected chi connectivity index (χ2v) is 6.08. The van der Waals surface area contributed by atoms with Gasteiger partial charge in [0.2, 0.25) is 0 Å². The van der Waals surface area contributed by atoms with E-state index in [1.54, 1.807) is 24.8 Å². The SMILES string of the molecule is CCNC(=NCc1ccc(OCC(F)(F)F)cc1)NCCCCn1cnnc1. The highest BCUT2D eigenvalue weighted by Gasteiger charge is 2.28. The van der Waals surface area contributed by atoms with Gasteiger partial charge in [-0.05, 0) is 37.5 Å². The minimum atomic E-state index is -4.34. The molecule has 1 aromatic heterocycles. The molecule has 0 radical (unpaired) electrons. The van der Waals surface area contributed by atoms with Gasteiger partial charge in [0.05, 0.1) is 6.54 Å². The van der Waals surface area contributed by atoms with Crippen LogP contribution < -0.4 is 15.4 Å². The van der Waals surface area contributed by atoms with Crippen LogP contribution in [0.5, 0.6) is 5.75 Å². The van der Waals surface area contributed by atoms with Gasteiger partial charge in [-0.3, -0.25) is 0 Å². The Morgan fingerprint density at radius 3 is 2.46 bits per heavy atom. The maximum atomic E-state index is 12.2. The van der Waals surface area contributed by atoms with Crippen LogP contribution in [0.1, 0.15) is 25.3 Å². The molecule has 0 bridgehead atoms. The quantitative estimate of drug-likeness (QED) is 0.366. The Bertz CT molecular complexity index is 701. The van der Waals surface area contributed by atoms with Crippen molar-refractivity contribution in [3.05, 3.63) is 42.5 Å². The Hall–Kier alpha value is -2.78. The van der Waals surface area contributed by atoms with Crippen LogP contribution in [-0.2, 0) is 13.1 Å². The van der Waals surface area contributed by atoms with Crippen LogP contribution in [0.4, 0.5) is 13.2 Å². The van der Waals surface area contributed by atoms with Gasteiger partial charge >= 0.3 is 6.18 Å². The summed E-state index contributed by atoms with van der Waals surface area (Å²) < 4.78 is 43.1. The molecular weight excluding hydrogens is 373 g/mol. The Balaban J connectivity index is 1.74. The van der Waals surface area contributed by atoms with Crippen LogP contribution in [-0.4, -0.2) is 46.6 Å². The maximum absolute atomic E-state index is 12.2. The molecule has 0 aliphatic rings. The lowest BCUT2D eigenvalue weighted by atomic mass is 10.2. The lowest BCUT2D eigenvalue weighted by Crippen LogP contribution is -2.37. The van der Waals surface area contributed by atoms with Gasteiger partial charge in [0.1, 0.15) is 18.4 Å². The molecule has 0 saturated carbocycles. The number of ether oxygens (including phenoxy) is 1. The Labute approximate surface area is 162 Å². The zero-order chi connectivity index (χ0) is 20.2. The summed E-state index contributed by atoms with van der Waals surface area (Å²) >= 11 is 0. The molecule has 0 aliphatic heterocycles. The second kappa shape index (κ2) is 11.2. The lowest BCUT2D eigenvalue weighted by Gasteiger charge is -2.12. The molecule has 0 atom stereocenters. The first kappa shape index (κ1) is 21.5. The average molecular weight is 398 g/mol. The first-order chi connectivity index (χ1) is 13.5. The molecule has 154 valence electrons. The number of nitrogens with one attached hydrogen (secondary N) is 2. The zero-order valence-corrected chi connectivity index (χ0v) is 15.7. The van der Waals surface area contributed by atoms with E-state index in [1.165, 1.54) is 12.1 Å². The van der Waals surface area contributed by atoms with Gasteiger partial charge in [-0.25, -0.2) is 4.99 Å². The van der Waals surface area contributed by atoms with Crippen molar-refractivity contribution in [2.24, 2.45) is 4.99 Å². The summed E-state index contributed by atoms with van der Waals surface area (Å²) in [6, 6.07) is 6.44. The summed E-state index contributed by atoms with van der Waals surface area (Å²) in [4.78, 5) is 4.49. The highest BCUT2D eigenvalue weighted by Crippen LogP contribution is 2.19. The fraction of sp³-hybridized carbons (Fsp3) is 0.500. The van der Waals surface area contributed by atoms with Gasteiger partial charge < -0.3 is 19.9 Å². The van der Waals surface area contributed by atoms with Gasteiger partial charge in [-0.1, -0.05) is 12.1 Å². The predicted molar refractivity (Wildman–Crippen MR) is 100 cm³/mol. The number of nitrogens with zero attached hydrogens (tertiary/aromatic N) is 4. The number of rotatable bonds is 10. The van der Waals surface area contributed by atoms with Crippen molar-refractivity contribution in [1.29, 1.82) is 0 Å². The van der Waals surface area contributed by atoms with Crippen molar-refractivity contribution < 1.29 is 17.9 Å². The molecule has 28 heavy (non-hydrogen) atoms. The molecule has 2 aromatic rings. The summed E-state index contributed by atoms with van der Waals surface area (Å²) in [5.74, 6) is 0.882. The Kier molecular flexibility index (Phi) is 8.57. The van der Waals surface area contributed by atoms with Crippen LogP contribution in [0.2, 0.25) is 0 Å². The van der Waals surface area contributed by atoms with Gasteiger partial charge in [0.25, 0.3) is 0 Å². The molecule has 0 fully saturated rings. The van der Waals surface area contributed by atoms with Crippen molar-refractivity contribution in [1.82, 2.24) is 25.4 Å². The molecule has 0 aliphatic carbocycles. The van der Waals surface area contributed by atoms with Crippen molar-refractivity contribution in [2.75, 3.05) is 19.7 Å². The molecule has 1 aromatic carbocycles. The number of benzene rings is 1. The smallest absolute Gasteiger partial charge is 0.422 e. The van der Waals surface area contributed by atoms with E-state index in [1.807, 2.05) is 11.5 Å². The molecule has 7 nitrogen and oxygen atoms in total. The van der Waals surface area contributed by atoms with E-state index < -0.39 is 12.8 Å². The normalized spacial score (nSPS) is 12.1. The van der Waals surface area contributed by atoms with Crippen LogP contribution >= 0.6 is 0 Å². The minimum Gasteiger partial charge on any atom is -0.484 e. The monoisotopic (exact) mass is 398 g/mol. The third-order valence-corrected chi connectivity index (χ3v) is 3.69.